The molecular formula is C17H15F3N2O4S. The van der Waals surface area contributed by atoms with Crippen LogP contribution >= 0.6 is 0 Å². The molecule has 0 spiro atoms. The third-order valence-corrected chi connectivity index (χ3v) is 6.00. The number of aromatic nitrogens is 1. The maximum absolute atomic E-state index is 13.0. The van der Waals surface area contributed by atoms with E-state index in [1.807, 2.05) is 0 Å². The minimum absolute atomic E-state index is 0.0728. The number of hydrogen-bond donors (Lipinski definition) is 0. The molecule has 0 fully saturated rings. The van der Waals surface area contributed by atoms with Gasteiger partial charge in [-0.25, -0.2) is 13.2 Å². The third-order valence-electron chi connectivity index (χ3n) is 4.10. The second kappa shape index (κ2) is 6.45. The Morgan fingerprint density at radius 1 is 1.15 bits per heavy atom. The molecule has 0 unspecified atom stereocenters. The van der Waals surface area contributed by atoms with Crippen molar-refractivity contribution in [1.82, 2.24) is 4.57 Å². The van der Waals surface area contributed by atoms with E-state index in [2.05, 4.69) is 0 Å². The largest absolute Gasteiger partial charge is 0.419 e. The Bertz CT molecular complexity index is 1160. The van der Waals surface area contributed by atoms with Crippen molar-refractivity contribution in [2.75, 3.05) is 10.8 Å². The first-order chi connectivity index (χ1) is 12.6. The lowest BCUT2D eigenvalue weighted by atomic mass is 10.2. The Balaban J connectivity index is 2.11. The van der Waals surface area contributed by atoms with Gasteiger partial charge in [0.25, 0.3) is 10.0 Å². The molecule has 3 aromatic rings. The van der Waals surface area contributed by atoms with Crippen LogP contribution in [0.5, 0.6) is 0 Å². The van der Waals surface area contributed by atoms with Gasteiger partial charge >= 0.3 is 11.9 Å². The summed E-state index contributed by atoms with van der Waals surface area (Å²) in [5.41, 5.74) is -0.579. The van der Waals surface area contributed by atoms with E-state index in [-0.39, 0.29) is 22.7 Å². The summed E-state index contributed by atoms with van der Waals surface area (Å²) in [7, 11) is -2.69. The smallest absolute Gasteiger partial charge is 0.408 e. The number of sulfonamides is 1. The summed E-state index contributed by atoms with van der Waals surface area (Å²) < 4.78 is 71.9. The lowest BCUT2D eigenvalue weighted by Gasteiger charge is -2.23. The van der Waals surface area contributed by atoms with E-state index in [1.54, 1.807) is 0 Å². The Hall–Kier alpha value is -2.75. The van der Waals surface area contributed by atoms with Crippen molar-refractivity contribution in [1.29, 1.82) is 0 Å². The number of oxazole rings is 1. The summed E-state index contributed by atoms with van der Waals surface area (Å²) in [6.07, 6.45) is -4.59. The number of fused-ring (bicyclic) bond motifs is 1. The monoisotopic (exact) mass is 400 g/mol. The van der Waals surface area contributed by atoms with Crippen LogP contribution in [0, 0.1) is 0 Å². The Kier molecular flexibility index (Phi) is 4.54. The molecule has 144 valence electrons. The molecule has 2 aromatic carbocycles. The van der Waals surface area contributed by atoms with E-state index < -0.39 is 27.5 Å². The number of hydrogen-bond acceptors (Lipinski definition) is 4. The molecule has 0 amide bonds. The number of aryl methyl sites for hydroxylation is 1. The minimum Gasteiger partial charge on any atom is -0.408 e. The van der Waals surface area contributed by atoms with Gasteiger partial charge < -0.3 is 4.42 Å². The molecule has 10 heteroatoms. The number of alkyl halides is 3. The van der Waals surface area contributed by atoms with Crippen LogP contribution in [0.4, 0.5) is 18.9 Å². The van der Waals surface area contributed by atoms with Crippen LogP contribution in [0.3, 0.4) is 0 Å². The molecule has 0 saturated carbocycles. The predicted molar refractivity (Wildman–Crippen MR) is 93.1 cm³/mol. The van der Waals surface area contributed by atoms with Crippen LogP contribution in [0.2, 0.25) is 0 Å². The van der Waals surface area contributed by atoms with Crippen molar-refractivity contribution in [2.24, 2.45) is 7.05 Å². The quantitative estimate of drug-likeness (QED) is 0.673. The summed E-state index contributed by atoms with van der Waals surface area (Å²) in [4.78, 5) is 11.4. The molecule has 0 bridgehead atoms. The summed E-state index contributed by atoms with van der Waals surface area (Å²) in [5, 5.41) is 0. The zero-order valence-corrected chi connectivity index (χ0v) is 15.1. The molecule has 0 atom stereocenters. The van der Waals surface area contributed by atoms with Crippen molar-refractivity contribution >= 4 is 26.8 Å². The van der Waals surface area contributed by atoms with Crippen molar-refractivity contribution < 1.29 is 26.0 Å². The first-order valence-corrected chi connectivity index (χ1v) is 9.29. The van der Waals surface area contributed by atoms with Crippen LogP contribution in [-0.2, 0) is 23.2 Å². The second-order valence-electron chi connectivity index (χ2n) is 5.77. The topological polar surface area (TPSA) is 72.5 Å². The molecule has 3 rings (SSSR count). The van der Waals surface area contributed by atoms with Gasteiger partial charge in [0.2, 0.25) is 0 Å². The number of benzene rings is 2. The van der Waals surface area contributed by atoms with Gasteiger partial charge in [0.05, 0.1) is 21.7 Å². The van der Waals surface area contributed by atoms with Gasteiger partial charge in [-0.15, -0.1) is 0 Å². The van der Waals surface area contributed by atoms with Crippen molar-refractivity contribution in [3.63, 3.8) is 0 Å². The lowest BCUT2D eigenvalue weighted by molar-refractivity contribution is -0.137. The number of rotatable bonds is 4. The molecule has 1 heterocycles. The van der Waals surface area contributed by atoms with E-state index in [1.165, 1.54) is 42.8 Å². The number of anilines is 1. The van der Waals surface area contributed by atoms with Crippen molar-refractivity contribution in [3.05, 3.63) is 58.6 Å². The summed E-state index contributed by atoms with van der Waals surface area (Å²) in [6.45, 7) is 1.43. The maximum atomic E-state index is 13.0. The van der Waals surface area contributed by atoms with E-state index in [9.17, 15) is 26.4 Å². The molecule has 0 aliphatic carbocycles. The molecule has 1 aromatic heterocycles. The zero-order valence-electron chi connectivity index (χ0n) is 14.3. The summed E-state index contributed by atoms with van der Waals surface area (Å²) >= 11 is 0. The Labute approximate surface area is 152 Å². The minimum atomic E-state index is -4.59. The highest BCUT2D eigenvalue weighted by atomic mass is 32.2. The lowest BCUT2D eigenvalue weighted by Crippen LogP contribution is -2.31. The molecule has 0 saturated heterocycles. The highest BCUT2D eigenvalue weighted by Crippen LogP contribution is 2.33. The average molecular weight is 400 g/mol. The highest BCUT2D eigenvalue weighted by molar-refractivity contribution is 7.92. The zero-order chi connectivity index (χ0) is 20.0. The maximum Gasteiger partial charge on any atom is 0.419 e. The van der Waals surface area contributed by atoms with Gasteiger partial charge in [0.15, 0.2) is 5.58 Å². The fraction of sp³-hybridized carbons (Fsp3) is 0.235. The molecule has 0 aliphatic rings. The molecule has 0 radical (unpaired) electrons. The molecular weight excluding hydrogens is 385 g/mol. The SMILES string of the molecule is CCN(c1cccc(C(F)(F)F)c1)S(=O)(=O)c1ccc2c(c1)oc(=O)n2C. The van der Waals surface area contributed by atoms with Crippen LogP contribution in [0.15, 0.2) is 56.6 Å². The van der Waals surface area contributed by atoms with Crippen LogP contribution < -0.4 is 10.1 Å². The second-order valence-corrected chi connectivity index (χ2v) is 7.64. The van der Waals surface area contributed by atoms with Crippen molar-refractivity contribution in [2.45, 2.75) is 18.0 Å². The van der Waals surface area contributed by atoms with Gasteiger partial charge in [-0.05, 0) is 37.3 Å². The van der Waals surface area contributed by atoms with E-state index in [0.29, 0.717) is 5.52 Å². The normalized spacial score (nSPS) is 12.5. The van der Waals surface area contributed by atoms with Gasteiger partial charge in [0.1, 0.15) is 0 Å². The summed E-state index contributed by atoms with van der Waals surface area (Å²) in [5.74, 6) is -0.648. The van der Waals surface area contributed by atoms with Gasteiger partial charge in [0, 0.05) is 19.7 Å². The molecule has 27 heavy (non-hydrogen) atoms. The van der Waals surface area contributed by atoms with Gasteiger partial charge in [-0.3, -0.25) is 8.87 Å². The van der Waals surface area contributed by atoms with Crippen molar-refractivity contribution in [3.8, 4) is 0 Å². The fourth-order valence-corrected chi connectivity index (χ4v) is 4.21. The highest BCUT2D eigenvalue weighted by Gasteiger charge is 2.32. The Morgan fingerprint density at radius 2 is 1.85 bits per heavy atom. The fourth-order valence-electron chi connectivity index (χ4n) is 2.73. The van der Waals surface area contributed by atoms with Crippen LogP contribution in [0.25, 0.3) is 11.1 Å². The number of nitrogens with zero attached hydrogens (tertiary/aromatic N) is 2. The standard InChI is InChI=1S/C17H15F3N2O4S/c1-3-22(12-6-4-5-11(9-12)17(18,19)20)27(24,25)13-7-8-14-15(10-13)26-16(23)21(14)2/h4-10H,3H2,1-2H3. The van der Waals surface area contributed by atoms with Crippen LogP contribution in [-0.4, -0.2) is 19.5 Å². The van der Waals surface area contributed by atoms with Gasteiger partial charge in [-0.2, -0.15) is 13.2 Å². The van der Waals surface area contributed by atoms with E-state index in [0.717, 1.165) is 22.5 Å². The molecule has 0 N–H and O–H groups in total. The third kappa shape index (κ3) is 3.32. The first-order valence-electron chi connectivity index (χ1n) is 7.85. The summed E-state index contributed by atoms with van der Waals surface area (Å²) in [6, 6.07) is 7.96. The van der Waals surface area contributed by atoms with Gasteiger partial charge in [-0.1, -0.05) is 6.07 Å². The molecule has 0 aliphatic heterocycles. The first kappa shape index (κ1) is 19.0. The average Bonchev–Trinajstić information content (AvgIpc) is 2.89. The van der Waals surface area contributed by atoms with E-state index >= 15 is 0 Å². The number of halogens is 3. The Morgan fingerprint density at radius 3 is 2.48 bits per heavy atom. The van der Waals surface area contributed by atoms with Crippen LogP contribution in [0.1, 0.15) is 12.5 Å². The molecule has 6 nitrogen and oxygen atoms in total. The van der Waals surface area contributed by atoms with E-state index in [4.69, 9.17) is 4.42 Å². The predicted octanol–water partition coefficient (Wildman–Crippen LogP) is 3.37.